The van der Waals surface area contributed by atoms with E-state index < -0.39 is 0 Å². The van der Waals surface area contributed by atoms with Crippen molar-refractivity contribution < 1.29 is 0 Å². The molecule has 3 nitrogen and oxygen atoms in total. The summed E-state index contributed by atoms with van der Waals surface area (Å²) in [6.07, 6.45) is 0. The SMILES string of the molecule is Cc1ccccc1-c1cc(C#N)nn1C. The van der Waals surface area contributed by atoms with Crippen molar-refractivity contribution in [3.8, 4) is 17.3 Å². The van der Waals surface area contributed by atoms with Gasteiger partial charge in [-0.2, -0.15) is 10.4 Å². The number of nitrogens with zero attached hydrogens (tertiary/aromatic N) is 3. The van der Waals surface area contributed by atoms with Crippen molar-refractivity contribution in [1.82, 2.24) is 9.78 Å². The Morgan fingerprint density at radius 3 is 2.67 bits per heavy atom. The van der Waals surface area contributed by atoms with Gasteiger partial charge in [0, 0.05) is 18.7 Å². The fourth-order valence-corrected chi connectivity index (χ4v) is 1.63. The number of nitriles is 1. The Hall–Kier alpha value is -2.08. The van der Waals surface area contributed by atoms with E-state index in [-0.39, 0.29) is 0 Å². The van der Waals surface area contributed by atoms with Crippen LogP contribution in [0, 0.1) is 18.3 Å². The molecule has 74 valence electrons. The molecule has 0 aliphatic heterocycles. The van der Waals surface area contributed by atoms with Crippen LogP contribution in [0.3, 0.4) is 0 Å². The van der Waals surface area contributed by atoms with Crippen molar-refractivity contribution in [3.05, 3.63) is 41.6 Å². The van der Waals surface area contributed by atoms with Gasteiger partial charge in [-0.3, -0.25) is 4.68 Å². The van der Waals surface area contributed by atoms with Gasteiger partial charge in [0.25, 0.3) is 0 Å². The lowest BCUT2D eigenvalue weighted by Gasteiger charge is -2.04. The molecule has 0 aliphatic rings. The quantitative estimate of drug-likeness (QED) is 0.703. The molecule has 0 amide bonds. The van der Waals surface area contributed by atoms with Gasteiger partial charge >= 0.3 is 0 Å². The van der Waals surface area contributed by atoms with Crippen molar-refractivity contribution in [2.75, 3.05) is 0 Å². The average molecular weight is 197 g/mol. The zero-order valence-corrected chi connectivity index (χ0v) is 8.73. The highest BCUT2D eigenvalue weighted by atomic mass is 15.3. The van der Waals surface area contributed by atoms with E-state index in [2.05, 4.69) is 5.10 Å². The standard InChI is InChI=1S/C12H11N3/c1-9-5-3-4-6-11(9)12-7-10(8-13)14-15(12)2/h3-7H,1-2H3. The number of aromatic nitrogens is 2. The zero-order chi connectivity index (χ0) is 10.8. The highest BCUT2D eigenvalue weighted by Gasteiger charge is 2.08. The largest absolute Gasteiger partial charge is 0.267 e. The molecule has 0 unspecified atom stereocenters. The first-order valence-corrected chi connectivity index (χ1v) is 4.72. The van der Waals surface area contributed by atoms with Crippen molar-refractivity contribution in [2.45, 2.75) is 6.92 Å². The second-order valence-corrected chi connectivity index (χ2v) is 3.47. The first-order chi connectivity index (χ1) is 7.22. The summed E-state index contributed by atoms with van der Waals surface area (Å²) in [5.41, 5.74) is 3.74. The van der Waals surface area contributed by atoms with Crippen LogP contribution in [-0.2, 0) is 7.05 Å². The van der Waals surface area contributed by atoms with Crippen molar-refractivity contribution in [1.29, 1.82) is 5.26 Å². The monoisotopic (exact) mass is 197 g/mol. The Balaban J connectivity index is 2.60. The van der Waals surface area contributed by atoms with Gasteiger partial charge in [-0.15, -0.1) is 0 Å². The van der Waals surface area contributed by atoms with Crippen LogP contribution >= 0.6 is 0 Å². The molecule has 1 heterocycles. The van der Waals surface area contributed by atoms with E-state index in [0.717, 1.165) is 11.3 Å². The third-order valence-electron chi connectivity index (χ3n) is 2.42. The summed E-state index contributed by atoms with van der Waals surface area (Å²) in [6, 6.07) is 11.9. The third kappa shape index (κ3) is 1.62. The predicted molar refractivity (Wildman–Crippen MR) is 58.1 cm³/mol. The summed E-state index contributed by atoms with van der Waals surface area (Å²) in [5.74, 6) is 0. The molecule has 0 bridgehead atoms. The number of aryl methyl sites for hydroxylation is 2. The zero-order valence-electron chi connectivity index (χ0n) is 8.73. The summed E-state index contributed by atoms with van der Waals surface area (Å²) in [4.78, 5) is 0. The Kier molecular flexibility index (Phi) is 2.26. The maximum atomic E-state index is 8.77. The summed E-state index contributed by atoms with van der Waals surface area (Å²) >= 11 is 0. The van der Waals surface area contributed by atoms with E-state index in [1.165, 1.54) is 5.56 Å². The van der Waals surface area contributed by atoms with Crippen LogP contribution in [0.1, 0.15) is 11.3 Å². The summed E-state index contributed by atoms with van der Waals surface area (Å²) in [5, 5.41) is 12.9. The normalized spacial score (nSPS) is 9.93. The van der Waals surface area contributed by atoms with Crippen molar-refractivity contribution in [3.63, 3.8) is 0 Å². The maximum Gasteiger partial charge on any atom is 0.163 e. The van der Waals surface area contributed by atoms with Crippen LogP contribution in [0.25, 0.3) is 11.3 Å². The molecule has 15 heavy (non-hydrogen) atoms. The smallest absolute Gasteiger partial charge is 0.163 e. The summed E-state index contributed by atoms with van der Waals surface area (Å²) in [6.45, 7) is 2.05. The molecule has 2 rings (SSSR count). The highest BCUT2D eigenvalue weighted by molar-refractivity contribution is 5.64. The molecule has 3 heteroatoms. The Morgan fingerprint density at radius 2 is 2.07 bits per heavy atom. The lowest BCUT2D eigenvalue weighted by molar-refractivity contribution is 0.770. The molecule has 0 spiro atoms. The van der Waals surface area contributed by atoms with Gasteiger partial charge in [0.2, 0.25) is 0 Å². The topological polar surface area (TPSA) is 41.6 Å². The van der Waals surface area contributed by atoms with Gasteiger partial charge in [-0.1, -0.05) is 24.3 Å². The Labute approximate surface area is 88.6 Å². The molecule has 0 atom stereocenters. The lowest BCUT2D eigenvalue weighted by atomic mass is 10.1. The Bertz CT molecular complexity index is 532. The van der Waals surface area contributed by atoms with Gasteiger partial charge in [0.1, 0.15) is 6.07 Å². The lowest BCUT2D eigenvalue weighted by Crippen LogP contribution is -1.94. The molecule has 2 aromatic rings. The second-order valence-electron chi connectivity index (χ2n) is 3.47. The molecule has 1 aromatic heterocycles. The molecular weight excluding hydrogens is 186 g/mol. The minimum Gasteiger partial charge on any atom is -0.267 e. The number of benzene rings is 1. The molecule has 0 saturated heterocycles. The van der Waals surface area contributed by atoms with E-state index in [0.29, 0.717) is 5.69 Å². The predicted octanol–water partition coefficient (Wildman–Crippen LogP) is 2.27. The van der Waals surface area contributed by atoms with Crippen LogP contribution < -0.4 is 0 Å². The van der Waals surface area contributed by atoms with E-state index in [1.807, 2.05) is 50.4 Å². The highest BCUT2D eigenvalue weighted by Crippen LogP contribution is 2.22. The van der Waals surface area contributed by atoms with E-state index in [4.69, 9.17) is 5.26 Å². The summed E-state index contributed by atoms with van der Waals surface area (Å²) in [7, 11) is 1.85. The first kappa shape index (κ1) is 9.47. The van der Waals surface area contributed by atoms with E-state index in [9.17, 15) is 0 Å². The van der Waals surface area contributed by atoms with Crippen molar-refractivity contribution >= 4 is 0 Å². The van der Waals surface area contributed by atoms with Gasteiger partial charge < -0.3 is 0 Å². The molecule has 0 radical (unpaired) electrons. The van der Waals surface area contributed by atoms with Crippen LogP contribution in [0.5, 0.6) is 0 Å². The average Bonchev–Trinajstić information content (AvgIpc) is 2.60. The fraction of sp³-hybridized carbons (Fsp3) is 0.167. The molecular formula is C12H11N3. The molecule has 1 aromatic carbocycles. The number of hydrogen-bond acceptors (Lipinski definition) is 2. The third-order valence-corrected chi connectivity index (χ3v) is 2.42. The minimum absolute atomic E-state index is 0.454. The molecule has 0 fully saturated rings. The molecule has 0 N–H and O–H groups in total. The van der Waals surface area contributed by atoms with Crippen molar-refractivity contribution in [2.24, 2.45) is 7.05 Å². The summed E-state index contributed by atoms with van der Waals surface area (Å²) < 4.78 is 1.74. The van der Waals surface area contributed by atoms with E-state index in [1.54, 1.807) is 4.68 Å². The minimum atomic E-state index is 0.454. The van der Waals surface area contributed by atoms with Gasteiger partial charge in [-0.25, -0.2) is 0 Å². The molecule has 0 saturated carbocycles. The maximum absolute atomic E-state index is 8.77. The fourth-order valence-electron chi connectivity index (χ4n) is 1.63. The van der Waals surface area contributed by atoms with Gasteiger partial charge in [0.05, 0.1) is 5.69 Å². The Morgan fingerprint density at radius 1 is 1.33 bits per heavy atom. The van der Waals surface area contributed by atoms with Crippen LogP contribution in [-0.4, -0.2) is 9.78 Å². The first-order valence-electron chi connectivity index (χ1n) is 4.72. The van der Waals surface area contributed by atoms with Crippen LogP contribution in [0.2, 0.25) is 0 Å². The van der Waals surface area contributed by atoms with Crippen LogP contribution in [0.4, 0.5) is 0 Å². The van der Waals surface area contributed by atoms with E-state index >= 15 is 0 Å². The van der Waals surface area contributed by atoms with Crippen LogP contribution in [0.15, 0.2) is 30.3 Å². The number of hydrogen-bond donors (Lipinski definition) is 0. The number of rotatable bonds is 1. The van der Waals surface area contributed by atoms with Gasteiger partial charge in [0.15, 0.2) is 5.69 Å². The van der Waals surface area contributed by atoms with Gasteiger partial charge in [-0.05, 0) is 12.5 Å². The molecule has 0 aliphatic carbocycles. The second kappa shape index (κ2) is 3.58.